The Labute approximate surface area is 148 Å². The summed E-state index contributed by atoms with van der Waals surface area (Å²) in [4.78, 5) is 17.6. The van der Waals surface area contributed by atoms with Crippen LogP contribution in [0.1, 0.15) is 18.4 Å². The van der Waals surface area contributed by atoms with Crippen LogP contribution in [0.2, 0.25) is 0 Å². The van der Waals surface area contributed by atoms with Gasteiger partial charge >= 0.3 is 0 Å². The number of piperidine rings is 1. The van der Waals surface area contributed by atoms with Gasteiger partial charge in [0.05, 0.1) is 5.92 Å². The Balaban J connectivity index is 1.32. The van der Waals surface area contributed by atoms with Gasteiger partial charge in [-0.05, 0) is 30.9 Å². The average molecular weight is 346 g/mol. The highest BCUT2D eigenvalue weighted by Gasteiger charge is 2.33. The normalized spacial score (nSPS) is 25.8. The Bertz CT molecular complexity index is 580. The van der Waals surface area contributed by atoms with Gasteiger partial charge in [-0.2, -0.15) is 11.8 Å². The topological polar surface area (TPSA) is 32.8 Å². The summed E-state index contributed by atoms with van der Waals surface area (Å²) in [5.41, 5.74) is 1.17. The van der Waals surface area contributed by atoms with Gasteiger partial charge in [0.25, 0.3) is 0 Å². The highest BCUT2D eigenvalue weighted by molar-refractivity contribution is 7.99. The van der Waals surface area contributed by atoms with Crippen molar-refractivity contribution in [3.05, 3.63) is 29.8 Å². The monoisotopic (exact) mass is 346 g/mol. The first-order chi connectivity index (χ1) is 11.8. The largest absolute Gasteiger partial charge is 0.492 e. The standard InChI is InChI=1S/C19H26N2O2S/c22-19(16-13-15-3-1-2-4-18(15)23-14-16)21-7-5-17(6-8-21)20-9-11-24-12-10-20/h1-4,16-17H,5-14H2/t16-/m0/s1. The van der Waals surface area contributed by atoms with Crippen LogP contribution in [-0.4, -0.2) is 66.0 Å². The van der Waals surface area contributed by atoms with E-state index in [-0.39, 0.29) is 11.8 Å². The number of hydrogen-bond acceptors (Lipinski definition) is 4. The molecule has 0 radical (unpaired) electrons. The fourth-order valence-corrected chi connectivity index (χ4v) is 5.07. The quantitative estimate of drug-likeness (QED) is 0.822. The van der Waals surface area contributed by atoms with Crippen molar-refractivity contribution < 1.29 is 9.53 Å². The molecule has 0 aliphatic carbocycles. The predicted octanol–water partition coefficient (Wildman–Crippen LogP) is 2.28. The molecule has 5 heteroatoms. The first-order valence-electron chi connectivity index (χ1n) is 9.12. The van der Waals surface area contributed by atoms with Gasteiger partial charge in [-0.3, -0.25) is 9.69 Å². The van der Waals surface area contributed by atoms with E-state index >= 15 is 0 Å². The van der Waals surface area contributed by atoms with Crippen molar-refractivity contribution >= 4 is 17.7 Å². The maximum Gasteiger partial charge on any atom is 0.229 e. The number of carbonyl (C=O) groups is 1. The second-order valence-corrected chi connectivity index (χ2v) is 8.25. The van der Waals surface area contributed by atoms with Gasteiger partial charge in [0.15, 0.2) is 0 Å². The number of ether oxygens (including phenoxy) is 1. The maximum atomic E-state index is 12.9. The van der Waals surface area contributed by atoms with E-state index in [4.69, 9.17) is 4.74 Å². The number of nitrogens with zero attached hydrogens (tertiary/aromatic N) is 2. The van der Waals surface area contributed by atoms with Crippen LogP contribution in [0, 0.1) is 5.92 Å². The lowest BCUT2D eigenvalue weighted by Gasteiger charge is -2.41. The minimum atomic E-state index is -0.0113. The Kier molecular flexibility index (Phi) is 4.99. The van der Waals surface area contributed by atoms with Crippen molar-refractivity contribution in [2.75, 3.05) is 44.3 Å². The Morgan fingerprint density at radius 2 is 1.83 bits per heavy atom. The summed E-state index contributed by atoms with van der Waals surface area (Å²) in [6.07, 6.45) is 3.07. The number of likely N-dealkylation sites (tertiary alicyclic amines) is 1. The van der Waals surface area contributed by atoms with E-state index in [2.05, 4.69) is 27.6 Å². The van der Waals surface area contributed by atoms with Gasteiger partial charge in [-0.15, -0.1) is 0 Å². The number of thioether (sulfide) groups is 1. The molecule has 3 heterocycles. The SMILES string of the molecule is O=C([C@@H]1COc2ccccc2C1)N1CCC(N2CCSCC2)CC1. The zero-order valence-electron chi connectivity index (χ0n) is 14.2. The van der Waals surface area contributed by atoms with Crippen LogP contribution in [-0.2, 0) is 11.2 Å². The van der Waals surface area contributed by atoms with Gasteiger partial charge < -0.3 is 9.64 Å². The summed E-state index contributed by atoms with van der Waals surface area (Å²) in [6, 6.07) is 8.77. The first-order valence-corrected chi connectivity index (χ1v) is 10.3. The van der Waals surface area contributed by atoms with Gasteiger partial charge in [0.2, 0.25) is 5.91 Å². The van der Waals surface area contributed by atoms with Crippen LogP contribution in [0.3, 0.4) is 0 Å². The number of hydrogen-bond donors (Lipinski definition) is 0. The summed E-state index contributed by atoms with van der Waals surface area (Å²) in [5, 5.41) is 0. The van der Waals surface area contributed by atoms with E-state index in [0.717, 1.165) is 38.1 Å². The average Bonchev–Trinajstić information content (AvgIpc) is 2.68. The van der Waals surface area contributed by atoms with Crippen molar-refractivity contribution in [3.8, 4) is 5.75 Å². The number of rotatable bonds is 2. The molecule has 3 aliphatic heterocycles. The van der Waals surface area contributed by atoms with Crippen LogP contribution in [0.4, 0.5) is 0 Å². The van der Waals surface area contributed by atoms with Crippen molar-refractivity contribution in [1.82, 2.24) is 9.80 Å². The van der Waals surface area contributed by atoms with Crippen LogP contribution in [0.25, 0.3) is 0 Å². The van der Waals surface area contributed by atoms with Crippen molar-refractivity contribution in [1.29, 1.82) is 0 Å². The molecule has 0 bridgehead atoms. The zero-order chi connectivity index (χ0) is 16.4. The third-order valence-corrected chi connectivity index (χ3v) is 6.51. The predicted molar refractivity (Wildman–Crippen MR) is 97.6 cm³/mol. The molecule has 4 nitrogen and oxygen atoms in total. The molecular weight excluding hydrogens is 320 g/mol. The van der Waals surface area contributed by atoms with Crippen molar-refractivity contribution in [3.63, 3.8) is 0 Å². The van der Waals surface area contributed by atoms with Crippen LogP contribution >= 0.6 is 11.8 Å². The molecule has 1 atom stereocenters. The summed E-state index contributed by atoms with van der Waals surface area (Å²) >= 11 is 2.06. The third kappa shape index (κ3) is 3.42. The van der Waals surface area contributed by atoms with E-state index < -0.39 is 0 Å². The number of carbonyl (C=O) groups excluding carboxylic acids is 1. The molecular formula is C19H26N2O2S. The zero-order valence-corrected chi connectivity index (χ0v) is 15.0. The van der Waals surface area contributed by atoms with Crippen LogP contribution in [0.15, 0.2) is 24.3 Å². The molecule has 24 heavy (non-hydrogen) atoms. The molecule has 0 unspecified atom stereocenters. The second-order valence-electron chi connectivity index (χ2n) is 7.02. The molecule has 2 saturated heterocycles. The maximum absolute atomic E-state index is 12.9. The van der Waals surface area contributed by atoms with E-state index in [1.54, 1.807) is 0 Å². The second kappa shape index (κ2) is 7.36. The van der Waals surface area contributed by atoms with Crippen molar-refractivity contribution in [2.45, 2.75) is 25.3 Å². The first kappa shape index (κ1) is 16.3. The minimum Gasteiger partial charge on any atom is -0.492 e. The fourth-order valence-electron chi connectivity index (χ4n) is 4.14. The summed E-state index contributed by atoms with van der Waals surface area (Å²) in [7, 11) is 0. The molecule has 4 rings (SSSR count). The van der Waals surface area contributed by atoms with Crippen molar-refractivity contribution in [2.24, 2.45) is 5.92 Å². The highest BCUT2D eigenvalue weighted by Crippen LogP contribution is 2.29. The van der Waals surface area contributed by atoms with E-state index in [0.29, 0.717) is 12.6 Å². The molecule has 2 fully saturated rings. The molecule has 1 amide bonds. The Hall–Kier alpha value is -1.20. The van der Waals surface area contributed by atoms with Gasteiger partial charge in [0, 0.05) is 43.7 Å². The van der Waals surface area contributed by atoms with Crippen LogP contribution in [0.5, 0.6) is 5.75 Å². The number of fused-ring (bicyclic) bond motifs is 1. The minimum absolute atomic E-state index is 0.0113. The molecule has 0 N–H and O–H groups in total. The molecule has 3 aliphatic rings. The van der Waals surface area contributed by atoms with Crippen LogP contribution < -0.4 is 4.74 Å². The molecule has 0 aromatic heterocycles. The lowest BCUT2D eigenvalue weighted by molar-refractivity contribution is -0.138. The van der Waals surface area contributed by atoms with E-state index in [1.807, 2.05) is 18.2 Å². The lowest BCUT2D eigenvalue weighted by atomic mass is 9.94. The molecule has 130 valence electrons. The molecule has 0 saturated carbocycles. The molecule has 1 aromatic rings. The van der Waals surface area contributed by atoms with Gasteiger partial charge in [0.1, 0.15) is 12.4 Å². The smallest absolute Gasteiger partial charge is 0.229 e. The summed E-state index contributed by atoms with van der Waals surface area (Å²) in [6.45, 7) is 4.78. The lowest BCUT2D eigenvalue weighted by Crippen LogP contribution is -2.51. The molecule has 0 spiro atoms. The van der Waals surface area contributed by atoms with E-state index in [1.165, 1.54) is 30.2 Å². The Morgan fingerprint density at radius 1 is 1.08 bits per heavy atom. The van der Waals surface area contributed by atoms with E-state index in [9.17, 15) is 4.79 Å². The fraction of sp³-hybridized carbons (Fsp3) is 0.632. The summed E-state index contributed by atoms with van der Waals surface area (Å²) in [5.74, 6) is 3.75. The number of benzene rings is 1. The third-order valence-electron chi connectivity index (χ3n) is 5.57. The molecule has 1 aromatic carbocycles. The Morgan fingerprint density at radius 3 is 2.62 bits per heavy atom. The number of amides is 1. The number of para-hydroxylation sites is 1. The highest BCUT2D eigenvalue weighted by atomic mass is 32.2. The van der Waals surface area contributed by atoms with Gasteiger partial charge in [-0.1, -0.05) is 18.2 Å². The summed E-state index contributed by atoms with van der Waals surface area (Å²) < 4.78 is 5.81. The van der Waals surface area contributed by atoms with Gasteiger partial charge in [-0.25, -0.2) is 0 Å².